The Balaban J connectivity index is 1.64. The third-order valence-corrected chi connectivity index (χ3v) is 5.57. The number of piperidine rings is 1. The van der Waals surface area contributed by atoms with Gasteiger partial charge in [-0.15, -0.1) is 0 Å². The molecule has 1 N–H and O–H groups in total. The van der Waals surface area contributed by atoms with Gasteiger partial charge in [-0.3, -0.25) is 4.79 Å². The average molecular weight is 471 g/mol. The Hall–Kier alpha value is -3.82. The van der Waals surface area contributed by atoms with E-state index in [1.54, 1.807) is 17.2 Å². The number of likely N-dealkylation sites (tertiary alicyclic amines) is 1. The highest BCUT2D eigenvalue weighted by atomic mass is 19.4. The number of nitrogens with one attached hydrogen (secondary N) is 1. The van der Waals surface area contributed by atoms with Crippen LogP contribution in [-0.4, -0.2) is 32.3 Å². The number of amides is 1. The maximum Gasteiger partial charge on any atom is 0.417 e. The molecule has 0 unspecified atom stereocenters. The van der Waals surface area contributed by atoms with Crippen LogP contribution in [0, 0.1) is 11.7 Å². The van der Waals surface area contributed by atoms with E-state index in [0.717, 1.165) is 25.1 Å². The molecule has 1 amide bonds. The van der Waals surface area contributed by atoms with Gasteiger partial charge >= 0.3 is 6.18 Å². The number of nitrogens with zero attached hydrogens (tertiary/aromatic N) is 4. The number of aromatic nitrogens is 3. The highest BCUT2D eigenvalue weighted by Gasteiger charge is 2.31. The van der Waals surface area contributed by atoms with Crippen molar-refractivity contribution in [3.63, 3.8) is 0 Å². The number of carbonyl (C=O) groups is 1. The van der Waals surface area contributed by atoms with E-state index < -0.39 is 23.5 Å². The van der Waals surface area contributed by atoms with Crippen LogP contribution in [-0.2, 0) is 6.18 Å². The number of alkyl halides is 3. The van der Waals surface area contributed by atoms with E-state index in [9.17, 15) is 22.4 Å². The minimum atomic E-state index is -4.48. The molecule has 3 aromatic rings. The van der Waals surface area contributed by atoms with Crippen molar-refractivity contribution in [2.45, 2.75) is 25.9 Å². The van der Waals surface area contributed by atoms with Crippen molar-refractivity contribution in [1.29, 1.82) is 0 Å². The Bertz CT molecular complexity index is 1200. The molecule has 0 radical (unpaired) electrons. The van der Waals surface area contributed by atoms with E-state index in [2.05, 4.69) is 20.3 Å². The van der Waals surface area contributed by atoms with Crippen LogP contribution < -0.4 is 5.32 Å². The van der Waals surface area contributed by atoms with E-state index in [-0.39, 0.29) is 28.7 Å². The summed E-state index contributed by atoms with van der Waals surface area (Å²) >= 11 is 0. The van der Waals surface area contributed by atoms with Crippen LogP contribution in [0.3, 0.4) is 0 Å². The number of allylic oxidation sites excluding steroid dienone is 1. The molecule has 1 atom stereocenters. The summed E-state index contributed by atoms with van der Waals surface area (Å²) in [7, 11) is 0. The van der Waals surface area contributed by atoms with Gasteiger partial charge in [0.05, 0.1) is 16.7 Å². The summed E-state index contributed by atoms with van der Waals surface area (Å²) in [6, 6.07) is 7.97. The third-order valence-electron chi connectivity index (χ3n) is 5.57. The number of hydrogen-bond acceptors (Lipinski definition) is 5. The normalized spacial score (nSPS) is 17.6. The number of rotatable bonds is 4. The second-order valence-electron chi connectivity index (χ2n) is 7.88. The maximum absolute atomic E-state index is 14.8. The lowest BCUT2D eigenvalue weighted by molar-refractivity contribution is -0.137. The molecule has 0 spiro atoms. The molecule has 176 valence electrons. The Morgan fingerprint density at radius 1 is 1.12 bits per heavy atom. The van der Waals surface area contributed by atoms with Gasteiger partial charge in [0, 0.05) is 37.0 Å². The molecule has 0 aliphatic carbocycles. The van der Waals surface area contributed by atoms with Crippen molar-refractivity contribution < 1.29 is 22.4 Å². The molecular weight excluding hydrogens is 450 g/mol. The molecular formula is C24H21F4N5O. The first-order valence-electron chi connectivity index (χ1n) is 10.6. The zero-order chi connectivity index (χ0) is 24.3. The lowest BCUT2D eigenvalue weighted by atomic mass is 9.94. The summed E-state index contributed by atoms with van der Waals surface area (Å²) < 4.78 is 53.1. The predicted molar refractivity (Wildman–Crippen MR) is 118 cm³/mol. The van der Waals surface area contributed by atoms with Gasteiger partial charge < -0.3 is 10.2 Å². The second kappa shape index (κ2) is 9.58. The Morgan fingerprint density at radius 2 is 1.88 bits per heavy atom. The highest BCUT2D eigenvalue weighted by molar-refractivity contribution is 6.01. The van der Waals surface area contributed by atoms with Crippen molar-refractivity contribution in [2.75, 3.05) is 11.9 Å². The summed E-state index contributed by atoms with van der Waals surface area (Å²) in [4.78, 5) is 27.1. The minimum Gasteiger partial charge on any atom is -0.345 e. The first kappa shape index (κ1) is 23.3. The summed E-state index contributed by atoms with van der Waals surface area (Å²) in [5.74, 6) is -0.743. The van der Waals surface area contributed by atoms with Crippen LogP contribution in [0.5, 0.6) is 0 Å². The molecule has 1 saturated heterocycles. The molecule has 1 fully saturated rings. The SMILES string of the molecule is C[C@@H]1CCCN(C(=O)c2cccc(F)c2-c2ncccn2)/C1=C/Nc1ccc(C(F)(F)F)cn1. The summed E-state index contributed by atoms with van der Waals surface area (Å²) in [6.07, 6.45) is 2.33. The van der Waals surface area contributed by atoms with Gasteiger partial charge in [0.1, 0.15) is 11.6 Å². The molecule has 2 aromatic heterocycles. The molecule has 4 rings (SSSR count). The fraction of sp³-hybridized carbons (Fsp3) is 0.250. The van der Waals surface area contributed by atoms with Gasteiger partial charge in [-0.25, -0.2) is 19.3 Å². The van der Waals surface area contributed by atoms with Crippen molar-refractivity contribution in [3.05, 3.63) is 83.8 Å². The van der Waals surface area contributed by atoms with E-state index in [1.165, 1.54) is 36.7 Å². The average Bonchev–Trinajstić information content (AvgIpc) is 2.83. The monoisotopic (exact) mass is 471 g/mol. The number of hydrogen-bond donors (Lipinski definition) is 1. The number of carbonyl (C=O) groups excluding carboxylic acids is 1. The van der Waals surface area contributed by atoms with Crippen molar-refractivity contribution >= 4 is 11.7 Å². The predicted octanol–water partition coefficient (Wildman–Crippen LogP) is 5.52. The molecule has 3 heterocycles. The number of pyridine rings is 1. The van der Waals surface area contributed by atoms with Gasteiger partial charge in [-0.2, -0.15) is 13.2 Å². The molecule has 34 heavy (non-hydrogen) atoms. The van der Waals surface area contributed by atoms with Crippen LogP contribution in [0.2, 0.25) is 0 Å². The van der Waals surface area contributed by atoms with Gasteiger partial charge in [0.15, 0.2) is 5.82 Å². The summed E-state index contributed by atoms with van der Waals surface area (Å²) in [5.41, 5.74) is -0.0839. The minimum absolute atomic E-state index is 0.0167. The van der Waals surface area contributed by atoms with E-state index in [0.29, 0.717) is 12.2 Å². The lowest BCUT2D eigenvalue weighted by Gasteiger charge is -2.34. The van der Waals surface area contributed by atoms with Crippen LogP contribution in [0.4, 0.5) is 23.4 Å². The van der Waals surface area contributed by atoms with E-state index in [4.69, 9.17) is 0 Å². The second-order valence-corrected chi connectivity index (χ2v) is 7.88. The fourth-order valence-corrected chi connectivity index (χ4v) is 3.84. The zero-order valence-corrected chi connectivity index (χ0v) is 18.2. The lowest BCUT2D eigenvalue weighted by Crippen LogP contribution is -2.38. The van der Waals surface area contributed by atoms with Gasteiger partial charge in [-0.05, 0) is 49.1 Å². The largest absolute Gasteiger partial charge is 0.417 e. The number of benzene rings is 1. The molecule has 0 saturated carbocycles. The first-order chi connectivity index (χ1) is 16.3. The molecule has 10 heteroatoms. The standard InChI is InChI=1S/C24H21F4N5O/c1-15-5-3-12-33(19(15)14-32-20-9-8-16(13-31-20)24(26,27)28)23(34)17-6-2-7-18(25)21(17)22-29-10-4-11-30-22/h2,4,6-11,13-15H,3,5,12H2,1H3,(H,31,32)/b19-14+/t15-/m1/s1. The zero-order valence-electron chi connectivity index (χ0n) is 18.2. The molecule has 1 aromatic carbocycles. The van der Waals surface area contributed by atoms with Gasteiger partial charge in [0.25, 0.3) is 5.91 Å². The molecule has 1 aliphatic heterocycles. The smallest absolute Gasteiger partial charge is 0.345 e. The Labute approximate surface area is 193 Å². The quantitative estimate of drug-likeness (QED) is 0.508. The highest BCUT2D eigenvalue weighted by Crippen LogP contribution is 2.32. The fourth-order valence-electron chi connectivity index (χ4n) is 3.84. The molecule has 0 bridgehead atoms. The Kier molecular flexibility index (Phi) is 6.58. The van der Waals surface area contributed by atoms with Crippen molar-refractivity contribution in [1.82, 2.24) is 19.9 Å². The van der Waals surface area contributed by atoms with Crippen molar-refractivity contribution in [2.24, 2.45) is 5.92 Å². The van der Waals surface area contributed by atoms with Gasteiger partial charge in [-0.1, -0.05) is 13.0 Å². The van der Waals surface area contributed by atoms with E-state index in [1.807, 2.05) is 6.92 Å². The third kappa shape index (κ3) is 4.90. The molecule has 6 nitrogen and oxygen atoms in total. The van der Waals surface area contributed by atoms with Gasteiger partial charge in [0.2, 0.25) is 0 Å². The van der Waals surface area contributed by atoms with Crippen LogP contribution >= 0.6 is 0 Å². The summed E-state index contributed by atoms with van der Waals surface area (Å²) in [5, 5.41) is 2.88. The Morgan fingerprint density at radius 3 is 2.56 bits per heavy atom. The number of halogens is 4. The first-order valence-corrected chi connectivity index (χ1v) is 10.6. The van der Waals surface area contributed by atoms with Crippen LogP contribution in [0.25, 0.3) is 11.4 Å². The summed E-state index contributed by atoms with van der Waals surface area (Å²) in [6.45, 7) is 2.35. The molecule has 1 aliphatic rings. The van der Waals surface area contributed by atoms with Crippen molar-refractivity contribution in [3.8, 4) is 11.4 Å². The number of anilines is 1. The van der Waals surface area contributed by atoms with Crippen LogP contribution in [0.1, 0.15) is 35.7 Å². The maximum atomic E-state index is 14.8. The van der Waals surface area contributed by atoms with E-state index >= 15 is 0 Å². The van der Waals surface area contributed by atoms with Crippen LogP contribution in [0.15, 0.2) is 66.9 Å². The topological polar surface area (TPSA) is 71.0 Å².